The van der Waals surface area contributed by atoms with Crippen molar-refractivity contribution in [2.45, 2.75) is 5.51 Å². The number of nitrogens with one attached hydrogen (secondary N) is 1. The summed E-state index contributed by atoms with van der Waals surface area (Å²) in [6.07, 6.45) is 0. The molecule has 2 rings (SSSR count). The van der Waals surface area contributed by atoms with Crippen LogP contribution in [-0.2, 0) is 0 Å². The second-order valence-electron chi connectivity index (χ2n) is 3.33. The van der Waals surface area contributed by atoms with Crippen LogP contribution in [0.15, 0.2) is 18.2 Å². The van der Waals surface area contributed by atoms with Crippen LogP contribution in [0.25, 0.3) is 10.2 Å². The van der Waals surface area contributed by atoms with Gasteiger partial charge in [-0.2, -0.15) is 13.2 Å². The van der Waals surface area contributed by atoms with Crippen LogP contribution in [0.2, 0.25) is 5.02 Å². The van der Waals surface area contributed by atoms with E-state index in [0.29, 0.717) is 10.2 Å². The minimum atomic E-state index is -4.18. The largest absolute Gasteiger partial charge is 0.441 e. The quantitative estimate of drug-likeness (QED) is 0.834. The minimum Gasteiger partial charge on any atom is -0.361 e. The molecule has 2 aromatic rings. The average Bonchev–Trinajstić information content (AvgIpc) is 2.68. The number of thioether (sulfide) groups is 1. The van der Waals surface area contributed by atoms with Crippen LogP contribution < -0.4 is 5.32 Å². The van der Waals surface area contributed by atoms with Crippen molar-refractivity contribution in [2.24, 2.45) is 0 Å². The molecule has 0 saturated heterocycles. The van der Waals surface area contributed by atoms with Gasteiger partial charge in [-0.05, 0) is 23.9 Å². The number of hydrogen-bond acceptors (Lipinski definition) is 4. The normalized spacial score (nSPS) is 12.0. The van der Waals surface area contributed by atoms with E-state index in [1.165, 1.54) is 11.3 Å². The summed E-state index contributed by atoms with van der Waals surface area (Å²) in [6, 6.07) is 5.35. The summed E-state index contributed by atoms with van der Waals surface area (Å²) in [5.41, 5.74) is -3.43. The van der Waals surface area contributed by atoms with Gasteiger partial charge in [0.2, 0.25) is 0 Å². The third-order valence-electron chi connectivity index (χ3n) is 2.01. The van der Waals surface area contributed by atoms with Crippen LogP contribution in [0.4, 0.5) is 18.3 Å². The van der Waals surface area contributed by atoms with Crippen molar-refractivity contribution in [1.29, 1.82) is 0 Å². The highest BCUT2D eigenvalue weighted by Crippen LogP contribution is 2.32. The zero-order chi connectivity index (χ0) is 13.2. The van der Waals surface area contributed by atoms with Crippen molar-refractivity contribution in [3.05, 3.63) is 23.2 Å². The lowest BCUT2D eigenvalue weighted by Crippen LogP contribution is -2.09. The van der Waals surface area contributed by atoms with Crippen molar-refractivity contribution in [3.63, 3.8) is 0 Å². The van der Waals surface area contributed by atoms with Gasteiger partial charge in [-0.1, -0.05) is 29.0 Å². The van der Waals surface area contributed by atoms with E-state index in [0.717, 1.165) is 10.2 Å². The lowest BCUT2D eigenvalue weighted by atomic mass is 10.3. The maximum absolute atomic E-state index is 11.9. The van der Waals surface area contributed by atoms with Crippen LogP contribution in [0, 0.1) is 0 Å². The van der Waals surface area contributed by atoms with Crippen LogP contribution >= 0.6 is 34.7 Å². The van der Waals surface area contributed by atoms with Crippen LogP contribution in [0.1, 0.15) is 0 Å². The number of nitrogens with zero attached hydrogens (tertiary/aromatic N) is 1. The number of halogens is 4. The SMILES string of the molecule is FC(F)(F)SCCNc1nc2cccc(Cl)c2s1. The van der Waals surface area contributed by atoms with E-state index in [-0.39, 0.29) is 24.1 Å². The molecule has 0 atom stereocenters. The molecule has 0 bridgehead atoms. The zero-order valence-electron chi connectivity index (χ0n) is 8.92. The van der Waals surface area contributed by atoms with Gasteiger partial charge in [0.05, 0.1) is 15.2 Å². The Bertz CT molecular complexity index is 541. The fraction of sp³-hybridized carbons (Fsp3) is 0.300. The summed E-state index contributed by atoms with van der Waals surface area (Å²) in [4.78, 5) is 4.24. The van der Waals surface area contributed by atoms with E-state index >= 15 is 0 Å². The molecule has 0 saturated carbocycles. The molecule has 98 valence electrons. The number of fused-ring (bicyclic) bond motifs is 1. The van der Waals surface area contributed by atoms with Crippen molar-refractivity contribution >= 4 is 50.0 Å². The van der Waals surface area contributed by atoms with E-state index in [4.69, 9.17) is 11.6 Å². The first-order valence-corrected chi connectivity index (χ1v) is 7.13. The van der Waals surface area contributed by atoms with Crippen molar-refractivity contribution in [3.8, 4) is 0 Å². The Kier molecular flexibility index (Phi) is 4.24. The molecule has 1 aromatic carbocycles. The number of hydrogen-bond donors (Lipinski definition) is 1. The Labute approximate surface area is 115 Å². The minimum absolute atomic E-state index is 0.0485. The number of thiazole rings is 1. The van der Waals surface area contributed by atoms with E-state index in [9.17, 15) is 13.2 Å². The molecule has 0 spiro atoms. The molecule has 1 N–H and O–H groups in total. The Hall–Kier alpha value is -0.660. The smallest absolute Gasteiger partial charge is 0.361 e. The molecule has 0 aliphatic rings. The Morgan fingerprint density at radius 3 is 2.83 bits per heavy atom. The molecule has 2 nitrogen and oxygen atoms in total. The summed E-state index contributed by atoms with van der Waals surface area (Å²) in [7, 11) is 0. The summed E-state index contributed by atoms with van der Waals surface area (Å²) in [5, 5.41) is 4.05. The van der Waals surface area contributed by atoms with Gasteiger partial charge in [0, 0.05) is 12.3 Å². The first kappa shape index (κ1) is 13.8. The predicted molar refractivity (Wildman–Crippen MR) is 71.6 cm³/mol. The fourth-order valence-electron chi connectivity index (χ4n) is 1.32. The molecular weight excluding hydrogens is 305 g/mol. The number of aromatic nitrogens is 1. The van der Waals surface area contributed by atoms with E-state index < -0.39 is 5.51 Å². The van der Waals surface area contributed by atoms with Gasteiger partial charge in [0.1, 0.15) is 0 Å². The molecule has 0 amide bonds. The van der Waals surface area contributed by atoms with E-state index in [2.05, 4.69) is 10.3 Å². The van der Waals surface area contributed by atoms with E-state index in [1.807, 2.05) is 6.07 Å². The molecule has 1 aromatic heterocycles. The Balaban J connectivity index is 1.94. The molecule has 18 heavy (non-hydrogen) atoms. The first-order valence-electron chi connectivity index (χ1n) is 4.95. The zero-order valence-corrected chi connectivity index (χ0v) is 11.3. The molecule has 0 aliphatic carbocycles. The Morgan fingerprint density at radius 1 is 1.39 bits per heavy atom. The van der Waals surface area contributed by atoms with Gasteiger partial charge in [0.15, 0.2) is 5.13 Å². The lowest BCUT2D eigenvalue weighted by molar-refractivity contribution is -0.0327. The molecule has 0 unspecified atom stereocenters. The fourth-order valence-corrected chi connectivity index (χ4v) is 2.93. The molecule has 0 fully saturated rings. The maximum Gasteiger partial charge on any atom is 0.441 e. The second kappa shape index (κ2) is 5.54. The third kappa shape index (κ3) is 3.66. The summed E-state index contributed by atoms with van der Waals surface area (Å²) >= 11 is 7.27. The number of benzene rings is 1. The summed E-state index contributed by atoms with van der Waals surface area (Å²) in [5.74, 6) is -0.0485. The topological polar surface area (TPSA) is 24.9 Å². The monoisotopic (exact) mass is 312 g/mol. The lowest BCUT2D eigenvalue weighted by Gasteiger charge is -2.05. The van der Waals surface area contributed by atoms with Crippen LogP contribution in [0.5, 0.6) is 0 Å². The van der Waals surface area contributed by atoms with E-state index in [1.54, 1.807) is 12.1 Å². The van der Waals surface area contributed by atoms with Gasteiger partial charge in [-0.25, -0.2) is 4.98 Å². The summed E-state index contributed by atoms with van der Waals surface area (Å²) < 4.78 is 36.6. The maximum atomic E-state index is 11.9. The standard InChI is InChI=1S/C10H8ClF3N2S2/c11-6-2-1-3-7-8(6)18-9(16-7)15-4-5-17-10(12,13)14/h1-3H,4-5H2,(H,15,16). The molecule has 1 heterocycles. The average molecular weight is 313 g/mol. The molecule has 0 radical (unpaired) electrons. The molecule has 8 heteroatoms. The van der Waals surface area contributed by atoms with Crippen LogP contribution in [0.3, 0.4) is 0 Å². The Morgan fingerprint density at radius 2 is 2.17 bits per heavy atom. The number of rotatable bonds is 4. The van der Waals surface area contributed by atoms with Gasteiger partial charge >= 0.3 is 5.51 Å². The summed E-state index contributed by atoms with van der Waals surface area (Å²) in [6.45, 7) is 0.210. The highest BCUT2D eigenvalue weighted by atomic mass is 35.5. The van der Waals surface area contributed by atoms with Crippen LogP contribution in [-0.4, -0.2) is 22.8 Å². The number of anilines is 1. The second-order valence-corrected chi connectivity index (χ2v) is 5.89. The molecular formula is C10H8ClF3N2S2. The third-order valence-corrected chi connectivity index (χ3v) is 4.24. The van der Waals surface area contributed by atoms with Gasteiger partial charge in [0.25, 0.3) is 0 Å². The van der Waals surface area contributed by atoms with Gasteiger partial charge in [-0.3, -0.25) is 0 Å². The highest BCUT2D eigenvalue weighted by Gasteiger charge is 2.27. The van der Waals surface area contributed by atoms with Crippen molar-refractivity contribution in [2.75, 3.05) is 17.6 Å². The molecule has 0 aliphatic heterocycles. The number of alkyl halides is 3. The van der Waals surface area contributed by atoms with Crippen molar-refractivity contribution < 1.29 is 13.2 Å². The first-order chi connectivity index (χ1) is 8.46. The van der Waals surface area contributed by atoms with Gasteiger partial charge < -0.3 is 5.32 Å². The highest BCUT2D eigenvalue weighted by molar-refractivity contribution is 8.00. The van der Waals surface area contributed by atoms with Gasteiger partial charge in [-0.15, -0.1) is 0 Å². The predicted octanol–water partition coefficient (Wildman–Crippen LogP) is 4.61. The van der Waals surface area contributed by atoms with Crippen molar-refractivity contribution in [1.82, 2.24) is 4.98 Å².